The van der Waals surface area contributed by atoms with Crippen LogP contribution in [0.25, 0.3) is 0 Å². The predicted octanol–water partition coefficient (Wildman–Crippen LogP) is 5.75. The van der Waals surface area contributed by atoms with Gasteiger partial charge in [-0.25, -0.2) is 0 Å². The van der Waals surface area contributed by atoms with Gasteiger partial charge in [-0.15, -0.1) is 0 Å². The molecular formula is C22H32N2O5. The van der Waals surface area contributed by atoms with Crippen molar-refractivity contribution in [2.24, 2.45) is 0 Å². The molecule has 0 unspecified atom stereocenters. The molecule has 0 spiro atoms. The van der Waals surface area contributed by atoms with Gasteiger partial charge in [-0.3, -0.25) is 25.0 Å². The molecule has 0 aromatic carbocycles. The molecule has 0 radical (unpaired) electrons. The Kier molecular flexibility index (Phi) is 15.6. The van der Waals surface area contributed by atoms with Crippen molar-refractivity contribution < 1.29 is 14.6 Å². The standard InChI is InChI=1S/C22H32N2O5/c1-2-3-4-5-6-7-8-9-10-11-12-13-14-15-16-17-18-19-20-22(21-25,23(26)27)24(28)29/h6-7,9-10,12-13,15-16,18-19,21H,2-5,8,11,14,17,20H2,1H3. The fourth-order valence-corrected chi connectivity index (χ4v) is 2.32. The Labute approximate surface area is 172 Å². The van der Waals surface area contributed by atoms with Crippen LogP contribution in [0, 0.1) is 20.2 Å². The number of allylic oxidation sites excluding steroid dienone is 9. The molecule has 0 amide bonds. The number of hydrogen-bond acceptors (Lipinski definition) is 5. The van der Waals surface area contributed by atoms with Gasteiger partial charge in [-0.05, 0) is 38.5 Å². The van der Waals surface area contributed by atoms with Gasteiger partial charge in [0, 0.05) is 0 Å². The number of rotatable bonds is 17. The zero-order valence-electron chi connectivity index (χ0n) is 17.2. The zero-order valence-corrected chi connectivity index (χ0v) is 17.2. The Hall–Kier alpha value is -2.83. The number of carbonyl (C=O) groups excluding carboxylic acids is 1. The summed E-state index contributed by atoms with van der Waals surface area (Å²) >= 11 is 0. The summed E-state index contributed by atoms with van der Waals surface area (Å²) < 4.78 is 0. The lowest BCUT2D eigenvalue weighted by molar-refractivity contribution is -0.772. The molecule has 0 aliphatic rings. The summed E-state index contributed by atoms with van der Waals surface area (Å²) in [4.78, 5) is 30.0. The Morgan fingerprint density at radius 1 is 0.690 bits per heavy atom. The van der Waals surface area contributed by atoms with Crippen LogP contribution in [0.2, 0.25) is 0 Å². The number of aldehydes is 1. The molecule has 0 N–H and O–H groups in total. The van der Waals surface area contributed by atoms with Crippen molar-refractivity contribution in [1.82, 2.24) is 0 Å². The van der Waals surface area contributed by atoms with Gasteiger partial charge in [-0.1, -0.05) is 80.5 Å². The minimum atomic E-state index is -2.79. The average molecular weight is 405 g/mol. The fourth-order valence-electron chi connectivity index (χ4n) is 2.32. The van der Waals surface area contributed by atoms with Gasteiger partial charge < -0.3 is 0 Å². The summed E-state index contributed by atoms with van der Waals surface area (Å²) in [6, 6.07) is 0. The molecule has 0 atom stereocenters. The Morgan fingerprint density at radius 2 is 1.10 bits per heavy atom. The van der Waals surface area contributed by atoms with Gasteiger partial charge in [0.1, 0.15) is 16.3 Å². The quantitative estimate of drug-likeness (QED) is 0.0767. The Bertz CT molecular complexity index is 619. The monoisotopic (exact) mass is 404 g/mol. The van der Waals surface area contributed by atoms with E-state index in [1.54, 1.807) is 6.08 Å². The lowest BCUT2D eigenvalue weighted by atomic mass is 10.1. The summed E-state index contributed by atoms with van der Waals surface area (Å²) in [7, 11) is 0. The smallest absolute Gasteiger partial charge is 0.287 e. The summed E-state index contributed by atoms with van der Waals surface area (Å²) in [5.74, 6) is 0. The second-order valence-corrected chi connectivity index (χ2v) is 6.51. The van der Waals surface area contributed by atoms with Crippen molar-refractivity contribution in [2.45, 2.75) is 70.4 Å². The van der Waals surface area contributed by atoms with Crippen LogP contribution in [0.4, 0.5) is 0 Å². The van der Waals surface area contributed by atoms with Crippen LogP contribution in [0.3, 0.4) is 0 Å². The number of hydrogen-bond donors (Lipinski definition) is 0. The number of nitrogens with zero attached hydrogens (tertiary/aromatic N) is 2. The fraction of sp³-hybridized carbons (Fsp3) is 0.500. The molecule has 29 heavy (non-hydrogen) atoms. The first kappa shape index (κ1) is 26.2. The highest BCUT2D eigenvalue weighted by molar-refractivity contribution is 5.59. The molecule has 0 fully saturated rings. The van der Waals surface area contributed by atoms with Crippen LogP contribution in [0.5, 0.6) is 0 Å². The van der Waals surface area contributed by atoms with Crippen molar-refractivity contribution in [3.05, 3.63) is 81.0 Å². The summed E-state index contributed by atoms with van der Waals surface area (Å²) in [5.41, 5.74) is -2.79. The molecule has 7 heteroatoms. The van der Waals surface area contributed by atoms with Crippen molar-refractivity contribution in [1.29, 1.82) is 0 Å². The first-order chi connectivity index (χ1) is 14.0. The van der Waals surface area contributed by atoms with Crippen LogP contribution in [0.15, 0.2) is 60.8 Å². The lowest BCUT2D eigenvalue weighted by Gasteiger charge is -2.07. The molecule has 0 heterocycles. The number of nitro groups is 2. The van der Waals surface area contributed by atoms with Crippen LogP contribution in [0.1, 0.15) is 64.7 Å². The molecule has 160 valence electrons. The second-order valence-electron chi connectivity index (χ2n) is 6.51. The molecular weight excluding hydrogens is 372 g/mol. The minimum absolute atomic E-state index is 0.226. The molecule has 7 nitrogen and oxygen atoms in total. The van der Waals surface area contributed by atoms with Crippen molar-refractivity contribution >= 4 is 6.29 Å². The molecule has 0 aliphatic carbocycles. The minimum Gasteiger partial charge on any atom is -0.287 e. The van der Waals surface area contributed by atoms with E-state index in [9.17, 15) is 25.0 Å². The van der Waals surface area contributed by atoms with Crippen molar-refractivity contribution in [2.75, 3.05) is 0 Å². The Balaban J connectivity index is 3.94. The topological polar surface area (TPSA) is 103 Å². The van der Waals surface area contributed by atoms with Crippen LogP contribution < -0.4 is 0 Å². The third kappa shape index (κ3) is 12.3. The van der Waals surface area contributed by atoms with Gasteiger partial charge in [0.15, 0.2) is 0 Å². The van der Waals surface area contributed by atoms with Gasteiger partial charge in [0.25, 0.3) is 6.29 Å². The molecule has 0 bridgehead atoms. The molecule has 0 saturated heterocycles. The predicted molar refractivity (Wildman–Crippen MR) is 116 cm³/mol. The second kappa shape index (κ2) is 17.3. The third-order valence-corrected chi connectivity index (χ3v) is 4.14. The lowest BCUT2D eigenvalue weighted by Crippen LogP contribution is -2.47. The maximum Gasteiger partial charge on any atom is 0.516 e. The van der Waals surface area contributed by atoms with E-state index >= 15 is 0 Å². The van der Waals surface area contributed by atoms with E-state index in [-0.39, 0.29) is 6.29 Å². The number of carbonyl (C=O) groups is 1. The van der Waals surface area contributed by atoms with Gasteiger partial charge >= 0.3 is 5.66 Å². The SMILES string of the molecule is CCCCCC=CCC=CCC=CCC=CCC=CCC(C=O)([N+](=O)[O-])[N+](=O)[O-]. The third-order valence-electron chi connectivity index (χ3n) is 4.14. The molecule has 0 aromatic rings. The summed E-state index contributed by atoms with van der Waals surface area (Å²) in [5, 5.41) is 21.6. The normalized spacial score (nSPS) is 12.9. The van der Waals surface area contributed by atoms with E-state index in [0.717, 1.165) is 25.7 Å². The van der Waals surface area contributed by atoms with E-state index in [1.807, 2.05) is 18.2 Å². The molecule has 0 aromatic heterocycles. The maximum absolute atomic E-state index is 10.8. The van der Waals surface area contributed by atoms with Gasteiger partial charge in [0.05, 0.1) is 0 Å². The highest BCUT2D eigenvalue weighted by atomic mass is 16.7. The molecule has 0 saturated carbocycles. The number of unbranched alkanes of at least 4 members (excludes halogenated alkanes) is 3. The molecule has 0 rings (SSSR count). The van der Waals surface area contributed by atoms with E-state index in [1.165, 1.54) is 25.3 Å². The van der Waals surface area contributed by atoms with Crippen molar-refractivity contribution in [3.8, 4) is 0 Å². The van der Waals surface area contributed by atoms with Gasteiger partial charge in [0.2, 0.25) is 0 Å². The first-order valence-electron chi connectivity index (χ1n) is 10.0. The van der Waals surface area contributed by atoms with Crippen molar-refractivity contribution in [3.63, 3.8) is 0 Å². The van der Waals surface area contributed by atoms with Crippen LogP contribution in [-0.4, -0.2) is 21.8 Å². The zero-order chi connectivity index (χ0) is 21.8. The first-order valence-corrected chi connectivity index (χ1v) is 10.0. The summed E-state index contributed by atoms with van der Waals surface area (Å²) in [6.45, 7) is 2.20. The molecule has 0 aliphatic heterocycles. The average Bonchev–Trinajstić information content (AvgIpc) is 2.69. The van der Waals surface area contributed by atoms with Crippen LogP contribution in [-0.2, 0) is 4.79 Å². The van der Waals surface area contributed by atoms with E-state index < -0.39 is 21.9 Å². The Morgan fingerprint density at radius 3 is 1.48 bits per heavy atom. The highest BCUT2D eigenvalue weighted by Gasteiger charge is 2.55. The highest BCUT2D eigenvalue weighted by Crippen LogP contribution is 2.14. The van der Waals surface area contributed by atoms with Gasteiger partial charge in [-0.2, -0.15) is 0 Å². The maximum atomic E-state index is 10.8. The van der Waals surface area contributed by atoms with E-state index in [4.69, 9.17) is 0 Å². The van der Waals surface area contributed by atoms with E-state index in [2.05, 4.69) is 37.3 Å². The van der Waals surface area contributed by atoms with E-state index in [0.29, 0.717) is 6.42 Å². The largest absolute Gasteiger partial charge is 0.516 e. The summed E-state index contributed by atoms with van der Waals surface area (Å²) in [6.07, 6.45) is 26.8. The van der Waals surface area contributed by atoms with Crippen LogP contribution >= 0.6 is 0 Å².